The second kappa shape index (κ2) is 6.81. The Morgan fingerprint density at radius 1 is 1.10 bits per heavy atom. The molecule has 0 aromatic heterocycles. The summed E-state index contributed by atoms with van der Waals surface area (Å²) in [4.78, 5) is 21.8. The van der Waals surface area contributed by atoms with Gasteiger partial charge in [-0.3, -0.25) is 14.9 Å². The monoisotopic (exact) mass is 346 g/mol. The predicted molar refractivity (Wildman–Crippen MR) is 84.9 cm³/mol. The van der Waals surface area contributed by atoms with Crippen LogP contribution >= 0.6 is 15.9 Å². The zero-order valence-corrected chi connectivity index (χ0v) is 12.4. The van der Waals surface area contributed by atoms with Crippen molar-refractivity contribution in [3.8, 4) is 0 Å². The van der Waals surface area contributed by atoms with Crippen LogP contribution < -0.4 is 5.32 Å². The highest BCUT2D eigenvalue weighted by Crippen LogP contribution is 2.15. The first-order valence-electron chi connectivity index (χ1n) is 6.04. The summed E-state index contributed by atoms with van der Waals surface area (Å²) in [7, 11) is 0. The molecule has 0 bridgehead atoms. The van der Waals surface area contributed by atoms with E-state index in [1.807, 2.05) is 24.3 Å². The van der Waals surface area contributed by atoms with Crippen LogP contribution in [0.25, 0.3) is 6.08 Å². The molecule has 0 fully saturated rings. The van der Waals surface area contributed by atoms with Crippen molar-refractivity contribution in [1.82, 2.24) is 0 Å². The van der Waals surface area contributed by atoms with E-state index in [0.29, 0.717) is 5.69 Å². The Kier molecular flexibility index (Phi) is 4.84. The molecule has 5 nitrogen and oxygen atoms in total. The molecule has 2 aromatic carbocycles. The number of rotatable bonds is 4. The molecular weight excluding hydrogens is 336 g/mol. The van der Waals surface area contributed by atoms with Crippen LogP contribution in [-0.2, 0) is 4.79 Å². The molecule has 0 unspecified atom stereocenters. The van der Waals surface area contributed by atoms with Gasteiger partial charge in [-0.2, -0.15) is 0 Å². The van der Waals surface area contributed by atoms with Gasteiger partial charge in [0.2, 0.25) is 5.91 Å². The predicted octanol–water partition coefficient (Wildman–Crippen LogP) is 4.01. The van der Waals surface area contributed by atoms with E-state index < -0.39 is 4.92 Å². The van der Waals surface area contributed by atoms with Gasteiger partial charge in [-0.05, 0) is 35.9 Å². The van der Waals surface area contributed by atoms with Gasteiger partial charge in [0.25, 0.3) is 5.69 Å². The number of nitro benzene ring substituents is 1. The van der Waals surface area contributed by atoms with Gasteiger partial charge in [0.05, 0.1) is 4.92 Å². The standard InChI is InChI=1S/C15H11BrN2O3/c16-12-4-1-11(2-5-12)3-10-15(19)17-13-6-8-14(9-7-13)18(20)21/h1-10H,(H,17,19)/b10-3+. The van der Waals surface area contributed by atoms with Gasteiger partial charge in [-0.15, -0.1) is 0 Å². The number of benzene rings is 2. The molecule has 0 saturated carbocycles. The van der Waals surface area contributed by atoms with Crippen LogP contribution in [0.5, 0.6) is 0 Å². The third kappa shape index (κ3) is 4.54. The summed E-state index contributed by atoms with van der Waals surface area (Å²) >= 11 is 3.33. The average Bonchev–Trinajstić information content (AvgIpc) is 2.47. The summed E-state index contributed by atoms with van der Waals surface area (Å²) in [6.45, 7) is 0. The molecular formula is C15H11BrN2O3. The quantitative estimate of drug-likeness (QED) is 0.516. The van der Waals surface area contributed by atoms with E-state index >= 15 is 0 Å². The minimum absolute atomic E-state index is 0.0154. The Morgan fingerprint density at radius 3 is 2.29 bits per heavy atom. The maximum absolute atomic E-state index is 11.7. The zero-order chi connectivity index (χ0) is 15.2. The molecule has 2 aromatic rings. The van der Waals surface area contributed by atoms with Crippen LogP contribution in [0, 0.1) is 10.1 Å². The fourth-order valence-corrected chi connectivity index (χ4v) is 1.86. The lowest BCUT2D eigenvalue weighted by molar-refractivity contribution is -0.384. The van der Waals surface area contributed by atoms with Crippen molar-refractivity contribution in [1.29, 1.82) is 0 Å². The Hall–Kier alpha value is -2.47. The molecule has 1 N–H and O–H groups in total. The molecule has 106 valence electrons. The smallest absolute Gasteiger partial charge is 0.269 e. The summed E-state index contributed by atoms with van der Waals surface area (Å²) in [6.07, 6.45) is 3.10. The Morgan fingerprint density at radius 2 is 1.71 bits per heavy atom. The van der Waals surface area contributed by atoms with Crippen LogP contribution in [0.1, 0.15) is 5.56 Å². The molecule has 0 radical (unpaired) electrons. The molecule has 0 aliphatic rings. The third-order valence-electron chi connectivity index (χ3n) is 2.64. The normalized spacial score (nSPS) is 10.5. The first-order valence-corrected chi connectivity index (χ1v) is 6.83. The van der Waals surface area contributed by atoms with Crippen molar-refractivity contribution in [2.24, 2.45) is 0 Å². The first kappa shape index (κ1) is 14.9. The SMILES string of the molecule is O=C(/C=C/c1ccc(Br)cc1)Nc1ccc([N+](=O)[O-])cc1. The van der Waals surface area contributed by atoms with E-state index in [-0.39, 0.29) is 11.6 Å². The molecule has 0 spiro atoms. The van der Waals surface area contributed by atoms with Crippen LogP contribution in [0.15, 0.2) is 59.1 Å². The zero-order valence-electron chi connectivity index (χ0n) is 10.8. The lowest BCUT2D eigenvalue weighted by atomic mass is 10.2. The Bertz CT molecular complexity index is 679. The topological polar surface area (TPSA) is 72.2 Å². The average molecular weight is 347 g/mol. The number of carbonyl (C=O) groups excluding carboxylic acids is 1. The van der Waals surface area contributed by atoms with Crippen LogP contribution in [0.2, 0.25) is 0 Å². The summed E-state index contributed by atoms with van der Waals surface area (Å²) in [6, 6.07) is 13.2. The minimum Gasteiger partial charge on any atom is -0.323 e. The van der Waals surface area contributed by atoms with Gasteiger partial charge in [0, 0.05) is 28.4 Å². The number of nitro groups is 1. The first-order chi connectivity index (χ1) is 10.0. The number of anilines is 1. The van der Waals surface area contributed by atoms with Gasteiger partial charge in [-0.1, -0.05) is 28.1 Å². The van der Waals surface area contributed by atoms with E-state index in [1.165, 1.54) is 30.3 Å². The number of non-ortho nitro benzene ring substituents is 1. The largest absolute Gasteiger partial charge is 0.323 e. The highest BCUT2D eigenvalue weighted by molar-refractivity contribution is 9.10. The van der Waals surface area contributed by atoms with Gasteiger partial charge >= 0.3 is 0 Å². The van der Waals surface area contributed by atoms with Gasteiger partial charge < -0.3 is 5.32 Å². The molecule has 0 aliphatic carbocycles. The summed E-state index contributed by atoms with van der Waals surface area (Å²) in [5.74, 6) is -0.299. The van der Waals surface area contributed by atoms with Gasteiger partial charge in [-0.25, -0.2) is 0 Å². The number of carbonyl (C=O) groups is 1. The highest BCUT2D eigenvalue weighted by Gasteiger charge is 2.04. The summed E-state index contributed by atoms with van der Waals surface area (Å²) in [5.41, 5.74) is 1.39. The molecule has 2 rings (SSSR count). The Labute approximate surface area is 129 Å². The lowest BCUT2D eigenvalue weighted by Gasteiger charge is -2.01. The van der Waals surface area contributed by atoms with Crippen LogP contribution in [0.4, 0.5) is 11.4 Å². The van der Waals surface area contributed by atoms with Crippen molar-refractivity contribution in [2.45, 2.75) is 0 Å². The van der Waals surface area contributed by atoms with E-state index in [1.54, 1.807) is 6.08 Å². The molecule has 0 heterocycles. The van der Waals surface area contributed by atoms with Crippen LogP contribution in [0.3, 0.4) is 0 Å². The fraction of sp³-hybridized carbons (Fsp3) is 0. The fourth-order valence-electron chi connectivity index (χ4n) is 1.60. The molecule has 6 heteroatoms. The second-order valence-electron chi connectivity index (χ2n) is 4.18. The van der Waals surface area contributed by atoms with Gasteiger partial charge in [0.1, 0.15) is 0 Å². The highest BCUT2D eigenvalue weighted by atomic mass is 79.9. The summed E-state index contributed by atoms with van der Waals surface area (Å²) in [5, 5.41) is 13.2. The number of halogens is 1. The Balaban J connectivity index is 1.98. The van der Waals surface area contributed by atoms with Gasteiger partial charge in [0.15, 0.2) is 0 Å². The summed E-state index contributed by atoms with van der Waals surface area (Å²) < 4.78 is 0.968. The number of nitrogens with zero attached hydrogens (tertiary/aromatic N) is 1. The van der Waals surface area contributed by atoms with E-state index in [2.05, 4.69) is 21.2 Å². The van der Waals surface area contributed by atoms with Crippen molar-refractivity contribution in [3.05, 3.63) is 74.8 Å². The number of hydrogen-bond acceptors (Lipinski definition) is 3. The van der Waals surface area contributed by atoms with E-state index in [4.69, 9.17) is 0 Å². The molecule has 0 saturated heterocycles. The maximum atomic E-state index is 11.7. The minimum atomic E-state index is -0.487. The van der Waals surface area contributed by atoms with Crippen molar-refractivity contribution in [3.63, 3.8) is 0 Å². The van der Waals surface area contributed by atoms with Crippen LogP contribution in [-0.4, -0.2) is 10.8 Å². The molecule has 0 atom stereocenters. The third-order valence-corrected chi connectivity index (χ3v) is 3.17. The maximum Gasteiger partial charge on any atom is 0.269 e. The van der Waals surface area contributed by atoms with Crippen molar-refractivity contribution < 1.29 is 9.72 Å². The molecule has 1 amide bonds. The lowest BCUT2D eigenvalue weighted by Crippen LogP contribution is -2.07. The molecule has 21 heavy (non-hydrogen) atoms. The number of hydrogen-bond donors (Lipinski definition) is 1. The molecule has 0 aliphatic heterocycles. The van der Waals surface area contributed by atoms with Crippen molar-refractivity contribution >= 4 is 39.3 Å². The van der Waals surface area contributed by atoms with E-state index in [0.717, 1.165) is 10.0 Å². The number of nitrogens with one attached hydrogen (secondary N) is 1. The number of amides is 1. The van der Waals surface area contributed by atoms with Crippen molar-refractivity contribution in [2.75, 3.05) is 5.32 Å². The van der Waals surface area contributed by atoms with E-state index in [9.17, 15) is 14.9 Å². The second-order valence-corrected chi connectivity index (χ2v) is 5.09.